The molecule has 0 unspecified atom stereocenters. The molecule has 0 fully saturated rings. The van der Waals surface area contributed by atoms with E-state index in [0.717, 1.165) is 0 Å². The van der Waals surface area contributed by atoms with Crippen LogP contribution in [0.1, 0.15) is 6.92 Å². The van der Waals surface area contributed by atoms with E-state index in [2.05, 4.69) is 11.8 Å². The molecule has 0 aliphatic rings. The Kier molecular flexibility index (Phi) is 3.52. The number of rotatable bonds is 0. The molecule has 0 radical (unpaired) electrons. The van der Waals surface area contributed by atoms with Crippen molar-refractivity contribution in [3.63, 3.8) is 0 Å². The summed E-state index contributed by atoms with van der Waals surface area (Å²) in [4.78, 5) is 12.0. The Morgan fingerprint density at radius 2 is 2.10 bits per heavy atom. The normalized spacial score (nSPS) is 11.2. The standard InChI is InChI=1S/C7H11NO2/c1-6(9)4-5-7(10)8(2)3/h6,9H,1-3H3/t6-/m1/s1. The highest BCUT2D eigenvalue weighted by atomic mass is 16.3. The van der Waals surface area contributed by atoms with Crippen molar-refractivity contribution in [2.45, 2.75) is 13.0 Å². The van der Waals surface area contributed by atoms with Gasteiger partial charge < -0.3 is 10.0 Å². The van der Waals surface area contributed by atoms with Gasteiger partial charge in [0.05, 0.1) is 0 Å². The van der Waals surface area contributed by atoms with Gasteiger partial charge in [0.15, 0.2) is 0 Å². The Balaban J connectivity index is 3.93. The zero-order valence-electron chi connectivity index (χ0n) is 6.38. The zero-order valence-corrected chi connectivity index (χ0v) is 6.38. The molecule has 0 spiro atoms. The van der Waals surface area contributed by atoms with Gasteiger partial charge in [-0.1, -0.05) is 5.92 Å². The molecule has 1 N–H and O–H groups in total. The molecule has 56 valence electrons. The summed E-state index contributed by atoms with van der Waals surface area (Å²) in [7, 11) is 3.22. The molecule has 0 saturated heterocycles. The van der Waals surface area contributed by atoms with Crippen LogP contribution in [0.15, 0.2) is 0 Å². The van der Waals surface area contributed by atoms with Gasteiger partial charge in [-0.25, -0.2) is 0 Å². The highest BCUT2D eigenvalue weighted by Gasteiger charge is 1.96. The van der Waals surface area contributed by atoms with Crippen LogP contribution in [-0.2, 0) is 4.79 Å². The Bertz CT molecular complexity index is 174. The average Bonchev–Trinajstić information content (AvgIpc) is 1.82. The van der Waals surface area contributed by atoms with Crippen molar-refractivity contribution in [2.24, 2.45) is 0 Å². The van der Waals surface area contributed by atoms with Gasteiger partial charge in [-0.05, 0) is 12.8 Å². The highest BCUT2D eigenvalue weighted by Crippen LogP contribution is 1.77. The van der Waals surface area contributed by atoms with E-state index in [9.17, 15) is 4.79 Å². The summed E-state index contributed by atoms with van der Waals surface area (Å²) in [5.74, 6) is 4.32. The molecule has 1 amide bonds. The Hall–Kier alpha value is -1.01. The van der Waals surface area contributed by atoms with Crippen LogP contribution in [0.5, 0.6) is 0 Å². The first-order valence-corrected chi connectivity index (χ1v) is 2.95. The molecule has 3 nitrogen and oxygen atoms in total. The summed E-state index contributed by atoms with van der Waals surface area (Å²) < 4.78 is 0. The van der Waals surface area contributed by atoms with Gasteiger partial charge in [0.25, 0.3) is 5.91 Å². The molecule has 3 heteroatoms. The van der Waals surface area contributed by atoms with Gasteiger partial charge in [0.2, 0.25) is 0 Å². The summed E-state index contributed by atoms with van der Waals surface area (Å²) in [6, 6.07) is 0. The predicted molar refractivity (Wildman–Crippen MR) is 38.2 cm³/mol. The van der Waals surface area contributed by atoms with Crippen LogP contribution >= 0.6 is 0 Å². The van der Waals surface area contributed by atoms with Crippen LogP contribution in [0.2, 0.25) is 0 Å². The lowest BCUT2D eigenvalue weighted by Crippen LogP contribution is -2.19. The van der Waals surface area contributed by atoms with Gasteiger partial charge in [0, 0.05) is 14.1 Å². The molecule has 0 aromatic rings. The second-order valence-corrected chi connectivity index (χ2v) is 2.14. The number of amides is 1. The van der Waals surface area contributed by atoms with E-state index < -0.39 is 6.10 Å². The van der Waals surface area contributed by atoms with Crippen molar-refractivity contribution in [3.05, 3.63) is 0 Å². The minimum absolute atomic E-state index is 0.291. The van der Waals surface area contributed by atoms with Crippen molar-refractivity contribution >= 4 is 5.91 Å². The molecule has 0 heterocycles. The van der Waals surface area contributed by atoms with Crippen LogP contribution in [0.25, 0.3) is 0 Å². The van der Waals surface area contributed by atoms with E-state index >= 15 is 0 Å². The van der Waals surface area contributed by atoms with E-state index in [4.69, 9.17) is 5.11 Å². The SMILES string of the molecule is C[C@@H](O)C#CC(=O)N(C)C. The number of nitrogens with zero attached hydrogens (tertiary/aromatic N) is 1. The number of hydrogen-bond acceptors (Lipinski definition) is 2. The van der Waals surface area contributed by atoms with Gasteiger partial charge in [-0.15, -0.1) is 0 Å². The van der Waals surface area contributed by atoms with Crippen molar-refractivity contribution in [1.82, 2.24) is 4.90 Å². The Morgan fingerprint density at radius 1 is 1.60 bits per heavy atom. The predicted octanol–water partition coefficient (Wildman–Crippen LogP) is -0.541. The van der Waals surface area contributed by atoms with Crippen LogP contribution in [-0.4, -0.2) is 36.1 Å². The smallest absolute Gasteiger partial charge is 0.298 e. The van der Waals surface area contributed by atoms with Gasteiger partial charge >= 0.3 is 0 Å². The maximum Gasteiger partial charge on any atom is 0.298 e. The lowest BCUT2D eigenvalue weighted by atomic mass is 10.4. The topological polar surface area (TPSA) is 40.5 Å². The quantitative estimate of drug-likeness (QED) is 0.460. The summed E-state index contributed by atoms with van der Waals surface area (Å²) in [6.45, 7) is 1.51. The van der Waals surface area contributed by atoms with Crippen LogP contribution < -0.4 is 0 Å². The third kappa shape index (κ3) is 3.93. The molecule has 0 bridgehead atoms. The Labute approximate surface area is 60.6 Å². The van der Waals surface area contributed by atoms with Gasteiger partial charge in [-0.2, -0.15) is 0 Å². The molecule has 1 atom stereocenters. The zero-order chi connectivity index (χ0) is 8.15. The number of aliphatic hydroxyl groups is 1. The van der Waals surface area contributed by atoms with E-state index in [0.29, 0.717) is 0 Å². The summed E-state index contributed by atoms with van der Waals surface area (Å²) >= 11 is 0. The van der Waals surface area contributed by atoms with Gasteiger partial charge in [0.1, 0.15) is 6.10 Å². The summed E-state index contributed by atoms with van der Waals surface area (Å²) in [6.07, 6.45) is -0.733. The average molecular weight is 141 g/mol. The first kappa shape index (κ1) is 8.99. The van der Waals surface area contributed by atoms with E-state index in [1.807, 2.05) is 0 Å². The molecule has 0 rings (SSSR count). The maximum absolute atomic E-state index is 10.7. The largest absolute Gasteiger partial charge is 0.381 e. The molecule has 0 aliphatic heterocycles. The maximum atomic E-state index is 10.7. The van der Waals surface area contributed by atoms with Crippen molar-refractivity contribution in [2.75, 3.05) is 14.1 Å². The molecular weight excluding hydrogens is 130 g/mol. The fourth-order valence-corrected chi connectivity index (χ4v) is 0.278. The van der Waals surface area contributed by atoms with Crippen molar-refractivity contribution in [3.8, 4) is 11.8 Å². The first-order chi connectivity index (χ1) is 4.54. The van der Waals surface area contributed by atoms with E-state index in [-0.39, 0.29) is 5.91 Å². The number of aliphatic hydroxyl groups excluding tert-OH is 1. The summed E-state index contributed by atoms with van der Waals surface area (Å²) in [5, 5.41) is 8.64. The van der Waals surface area contributed by atoms with Crippen LogP contribution in [0.4, 0.5) is 0 Å². The van der Waals surface area contributed by atoms with E-state index in [1.54, 1.807) is 14.1 Å². The van der Waals surface area contributed by atoms with Gasteiger partial charge in [-0.3, -0.25) is 4.79 Å². The molecule has 10 heavy (non-hydrogen) atoms. The summed E-state index contributed by atoms with van der Waals surface area (Å²) in [5.41, 5.74) is 0. The second kappa shape index (κ2) is 3.91. The number of carbonyl (C=O) groups is 1. The number of carbonyl (C=O) groups excluding carboxylic acids is 1. The van der Waals surface area contributed by atoms with Crippen LogP contribution in [0.3, 0.4) is 0 Å². The third-order valence-electron chi connectivity index (χ3n) is 0.794. The number of hydrogen-bond donors (Lipinski definition) is 1. The third-order valence-corrected chi connectivity index (χ3v) is 0.794. The molecule has 0 aromatic carbocycles. The minimum atomic E-state index is -0.733. The molecule has 0 aliphatic carbocycles. The fourth-order valence-electron chi connectivity index (χ4n) is 0.278. The van der Waals surface area contributed by atoms with Crippen LogP contribution in [0, 0.1) is 11.8 Å². The minimum Gasteiger partial charge on any atom is -0.381 e. The fraction of sp³-hybridized carbons (Fsp3) is 0.571. The lowest BCUT2D eigenvalue weighted by Gasteiger charge is -2.02. The van der Waals surface area contributed by atoms with Crippen molar-refractivity contribution in [1.29, 1.82) is 0 Å². The van der Waals surface area contributed by atoms with E-state index in [1.165, 1.54) is 11.8 Å². The van der Waals surface area contributed by atoms with Crippen molar-refractivity contribution < 1.29 is 9.90 Å². The Morgan fingerprint density at radius 3 is 2.40 bits per heavy atom. The molecule has 0 saturated carbocycles. The second-order valence-electron chi connectivity index (χ2n) is 2.14. The molecular formula is C7H11NO2. The lowest BCUT2D eigenvalue weighted by molar-refractivity contribution is -0.122. The monoisotopic (exact) mass is 141 g/mol. The first-order valence-electron chi connectivity index (χ1n) is 2.95. The highest BCUT2D eigenvalue weighted by molar-refractivity contribution is 5.93. The molecule has 0 aromatic heterocycles.